The van der Waals surface area contributed by atoms with E-state index in [-0.39, 0.29) is 17.4 Å². The van der Waals surface area contributed by atoms with Crippen LogP contribution in [0, 0.1) is 12.7 Å². The van der Waals surface area contributed by atoms with E-state index in [9.17, 15) is 9.18 Å². The number of hydrogen-bond donors (Lipinski definition) is 1. The smallest absolute Gasteiger partial charge is 0.271 e. The zero-order valence-corrected chi connectivity index (χ0v) is 16.6. The molecule has 7 heteroatoms. The van der Waals surface area contributed by atoms with Gasteiger partial charge >= 0.3 is 0 Å². The molecule has 1 aliphatic heterocycles. The van der Waals surface area contributed by atoms with Crippen LogP contribution in [0.25, 0.3) is 28.2 Å². The van der Waals surface area contributed by atoms with Crippen molar-refractivity contribution in [3.63, 3.8) is 0 Å². The summed E-state index contributed by atoms with van der Waals surface area (Å²) in [6.07, 6.45) is 0. The minimum Gasteiger partial charge on any atom is -0.365 e. The lowest BCUT2D eigenvalue weighted by atomic mass is 10.0. The maximum atomic E-state index is 13.5. The summed E-state index contributed by atoms with van der Waals surface area (Å²) in [5, 5.41) is 12.9. The van der Waals surface area contributed by atoms with Crippen LogP contribution in [-0.4, -0.2) is 25.6 Å². The highest BCUT2D eigenvalue weighted by molar-refractivity contribution is 5.88. The molecule has 0 fully saturated rings. The Hall–Kier alpha value is -3.74. The molecule has 30 heavy (non-hydrogen) atoms. The third kappa shape index (κ3) is 2.99. The van der Waals surface area contributed by atoms with E-state index in [1.807, 2.05) is 35.9 Å². The van der Waals surface area contributed by atoms with E-state index in [0.29, 0.717) is 11.4 Å². The van der Waals surface area contributed by atoms with E-state index >= 15 is 0 Å². The molecule has 1 N–H and O–H groups in total. The number of benzene rings is 2. The van der Waals surface area contributed by atoms with Crippen LogP contribution in [0.4, 0.5) is 10.2 Å². The van der Waals surface area contributed by atoms with Gasteiger partial charge in [0, 0.05) is 17.7 Å². The van der Waals surface area contributed by atoms with Gasteiger partial charge in [-0.25, -0.2) is 9.07 Å². The fraction of sp³-hybridized carbons (Fsp3) is 0.174. The first-order valence-electron chi connectivity index (χ1n) is 9.81. The summed E-state index contributed by atoms with van der Waals surface area (Å²) in [5.74, 6) is 0.550. The molecule has 0 bridgehead atoms. The van der Waals surface area contributed by atoms with Gasteiger partial charge in [-0.1, -0.05) is 18.2 Å². The van der Waals surface area contributed by atoms with Gasteiger partial charge in [-0.3, -0.25) is 4.79 Å². The minimum atomic E-state index is -0.301. The molecule has 0 saturated heterocycles. The molecule has 1 atom stereocenters. The SMILES string of the molecule is Cc1ccccc1-n1nc(-c2c(-c3ccc(F)cc3)nn3c2N[C@H](C)C3)ccc1=O. The number of fused-ring (bicyclic) bond motifs is 1. The summed E-state index contributed by atoms with van der Waals surface area (Å²) >= 11 is 0. The molecule has 4 aromatic rings. The summed E-state index contributed by atoms with van der Waals surface area (Å²) in [5.41, 5.74) is 4.40. The van der Waals surface area contributed by atoms with Crippen LogP contribution in [-0.2, 0) is 6.54 Å². The Bertz CT molecular complexity index is 1310. The molecule has 0 radical (unpaired) electrons. The Morgan fingerprint density at radius 2 is 1.80 bits per heavy atom. The van der Waals surface area contributed by atoms with Crippen LogP contribution in [0.5, 0.6) is 0 Å². The van der Waals surface area contributed by atoms with Crippen LogP contribution in [0.15, 0.2) is 65.5 Å². The predicted octanol–water partition coefficient (Wildman–Crippen LogP) is 4.02. The molecule has 6 nitrogen and oxygen atoms in total. The maximum absolute atomic E-state index is 13.5. The zero-order valence-electron chi connectivity index (χ0n) is 16.6. The van der Waals surface area contributed by atoms with E-state index in [4.69, 9.17) is 5.10 Å². The molecule has 2 aromatic heterocycles. The molecule has 0 saturated carbocycles. The normalized spacial score (nSPS) is 15.1. The summed E-state index contributed by atoms with van der Waals surface area (Å²) in [6.45, 7) is 4.75. The van der Waals surface area contributed by atoms with Crippen molar-refractivity contribution >= 4 is 5.82 Å². The second-order valence-corrected chi connectivity index (χ2v) is 7.56. The van der Waals surface area contributed by atoms with Gasteiger partial charge in [-0.15, -0.1) is 0 Å². The number of aryl methyl sites for hydroxylation is 1. The Kier molecular flexibility index (Phi) is 4.24. The Morgan fingerprint density at radius 1 is 1.03 bits per heavy atom. The lowest BCUT2D eigenvalue weighted by molar-refractivity contribution is 0.625. The number of para-hydroxylation sites is 1. The van der Waals surface area contributed by atoms with Gasteiger partial charge in [0.25, 0.3) is 5.56 Å². The van der Waals surface area contributed by atoms with Gasteiger partial charge < -0.3 is 5.32 Å². The molecular formula is C23H20FN5O. The number of nitrogens with zero attached hydrogens (tertiary/aromatic N) is 4. The standard InChI is InChI=1S/C23H20FN5O/c1-14-5-3-4-6-19(14)29-20(30)12-11-18(26-29)21-22(16-7-9-17(24)10-8-16)27-28-13-15(2)25-23(21)28/h3-12,15,25H,13H2,1-2H3/t15-/m1/s1. The van der Waals surface area contributed by atoms with Gasteiger partial charge in [-0.05, 0) is 55.8 Å². The van der Waals surface area contributed by atoms with Gasteiger partial charge in [0.15, 0.2) is 0 Å². The average Bonchev–Trinajstić information content (AvgIpc) is 3.26. The topological polar surface area (TPSA) is 64.7 Å². The second-order valence-electron chi connectivity index (χ2n) is 7.56. The van der Waals surface area contributed by atoms with Gasteiger partial charge in [0.1, 0.15) is 17.3 Å². The van der Waals surface area contributed by atoms with E-state index in [2.05, 4.69) is 17.3 Å². The van der Waals surface area contributed by atoms with Crippen molar-refractivity contribution in [2.75, 3.05) is 5.32 Å². The quantitative estimate of drug-likeness (QED) is 0.563. The zero-order chi connectivity index (χ0) is 20.8. The molecular weight excluding hydrogens is 381 g/mol. The van der Waals surface area contributed by atoms with Crippen molar-refractivity contribution in [1.82, 2.24) is 19.6 Å². The Labute approximate surface area is 172 Å². The van der Waals surface area contributed by atoms with E-state index in [0.717, 1.165) is 34.7 Å². The molecule has 0 aliphatic carbocycles. The first kappa shape index (κ1) is 18.3. The van der Waals surface area contributed by atoms with Crippen molar-refractivity contribution in [1.29, 1.82) is 0 Å². The largest absolute Gasteiger partial charge is 0.365 e. The lowest BCUT2D eigenvalue weighted by Crippen LogP contribution is -2.21. The maximum Gasteiger partial charge on any atom is 0.271 e. The first-order valence-corrected chi connectivity index (χ1v) is 9.81. The summed E-state index contributed by atoms with van der Waals surface area (Å²) < 4.78 is 16.8. The molecule has 0 amide bonds. The average molecular weight is 401 g/mol. The van der Waals surface area contributed by atoms with Crippen molar-refractivity contribution in [3.05, 3.63) is 82.4 Å². The number of anilines is 1. The predicted molar refractivity (Wildman–Crippen MR) is 114 cm³/mol. The highest BCUT2D eigenvalue weighted by Gasteiger charge is 2.28. The van der Waals surface area contributed by atoms with Gasteiger partial charge in [0.2, 0.25) is 0 Å². The van der Waals surface area contributed by atoms with E-state index in [1.165, 1.54) is 22.9 Å². The van der Waals surface area contributed by atoms with E-state index < -0.39 is 0 Å². The number of aromatic nitrogens is 4. The van der Waals surface area contributed by atoms with Crippen molar-refractivity contribution in [3.8, 4) is 28.2 Å². The molecule has 0 spiro atoms. The number of halogens is 1. The third-order valence-corrected chi connectivity index (χ3v) is 5.30. The summed E-state index contributed by atoms with van der Waals surface area (Å²) in [6, 6.07) is 17.3. The Morgan fingerprint density at radius 3 is 2.57 bits per heavy atom. The van der Waals surface area contributed by atoms with Crippen LogP contribution in [0.3, 0.4) is 0 Å². The minimum absolute atomic E-state index is 0.207. The molecule has 150 valence electrons. The van der Waals surface area contributed by atoms with Crippen LogP contribution in [0.1, 0.15) is 12.5 Å². The van der Waals surface area contributed by atoms with Crippen LogP contribution < -0.4 is 10.9 Å². The van der Waals surface area contributed by atoms with Crippen LogP contribution >= 0.6 is 0 Å². The lowest BCUT2D eigenvalue weighted by Gasteiger charge is -2.11. The van der Waals surface area contributed by atoms with Gasteiger partial charge in [-0.2, -0.15) is 14.9 Å². The molecule has 2 aromatic carbocycles. The molecule has 3 heterocycles. The summed E-state index contributed by atoms with van der Waals surface area (Å²) in [7, 11) is 0. The fourth-order valence-electron chi connectivity index (χ4n) is 3.85. The highest BCUT2D eigenvalue weighted by atomic mass is 19.1. The molecule has 5 rings (SSSR count). The summed E-state index contributed by atoms with van der Waals surface area (Å²) in [4.78, 5) is 12.6. The number of hydrogen-bond acceptors (Lipinski definition) is 4. The monoisotopic (exact) mass is 401 g/mol. The molecule has 1 aliphatic rings. The first-order chi connectivity index (χ1) is 14.5. The second kappa shape index (κ2) is 6.95. The van der Waals surface area contributed by atoms with Crippen molar-refractivity contribution in [2.24, 2.45) is 0 Å². The number of nitrogens with one attached hydrogen (secondary N) is 1. The highest BCUT2D eigenvalue weighted by Crippen LogP contribution is 2.39. The third-order valence-electron chi connectivity index (χ3n) is 5.30. The van der Waals surface area contributed by atoms with Crippen molar-refractivity contribution < 1.29 is 4.39 Å². The fourth-order valence-corrected chi connectivity index (χ4v) is 3.85. The van der Waals surface area contributed by atoms with Crippen molar-refractivity contribution in [2.45, 2.75) is 26.4 Å². The number of rotatable bonds is 3. The molecule has 0 unspecified atom stereocenters. The Balaban J connectivity index is 1.73. The van der Waals surface area contributed by atoms with Gasteiger partial charge in [0.05, 0.1) is 23.5 Å². The van der Waals surface area contributed by atoms with Crippen LogP contribution in [0.2, 0.25) is 0 Å². The van der Waals surface area contributed by atoms with E-state index in [1.54, 1.807) is 18.2 Å².